The molecule has 1 saturated heterocycles. The zero-order valence-corrected chi connectivity index (χ0v) is 34.6. The molecule has 0 amide bonds. The van der Waals surface area contributed by atoms with Crippen LogP contribution in [0.1, 0.15) is 87.5 Å². The highest BCUT2D eigenvalue weighted by Gasteiger charge is 2.59. The number of ketones is 1. The van der Waals surface area contributed by atoms with E-state index in [1.807, 2.05) is 19.9 Å². The number of aliphatic hydroxyl groups is 2. The number of carbonyl (C=O) groups excluding carboxylic acids is 2. The first kappa shape index (κ1) is 46.8. The Labute approximate surface area is 303 Å². The summed E-state index contributed by atoms with van der Waals surface area (Å²) >= 11 is 0. The summed E-state index contributed by atoms with van der Waals surface area (Å²) in [4.78, 5) is 26.0. The van der Waals surface area contributed by atoms with Gasteiger partial charge in [0, 0.05) is 72.1 Å². The number of rotatable bonds is 22. The summed E-state index contributed by atoms with van der Waals surface area (Å²) in [6, 6.07) is 0. The average Bonchev–Trinajstić information content (AvgIpc) is 3.05. The summed E-state index contributed by atoms with van der Waals surface area (Å²) in [5, 5.41) is 24.1. The van der Waals surface area contributed by atoms with E-state index in [0.29, 0.717) is 18.6 Å². The van der Waals surface area contributed by atoms with E-state index in [4.69, 9.17) is 37.6 Å². The first-order valence-electron chi connectivity index (χ1n) is 17.8. The number of carbonyl (C=O) groups is 2. The first-order chi connectivity index (χ1) is 23.1. The highest BCUT2D eigenvalue weighted by molar-refractivity contribution is 6.74. The molecule has 294 valence electrons. The summed E-state index contributed by atoms with van der Waals surface area (Å²) < 4.78 is 45.5. The van der Waals surface area contributed by atoms with Crippen LogP contribution in [0, 0.1) is 17.3 Å². The van der Waals surface area contributed by atoms with Crippen LogP contribution in [-0.2, 0) is 47.2 Å². The minimum absolute atomic E-state index is 0.0650. The van der Waals surface area contributed by atoms with Gasteiger partial charge in [0.25, 0.3) is 0 Å². The summed E-state index contributed by atoms with van der Waals surface area (Å²) in [5.41, 5.74) is -0.620. The van der Waals surface area contributed by atoms with Crippen molar-refractivity contribution in [1.29, 1.82) is 0 Å². The summed E-state index contributed by atoms with van der Waals surface area (Å²) in [7, 11) is 5.29. The molecule has 50 heavy (non-hydrogen) atoms. The predicted molar refractivity (Wildman–Crippen MR) is 194 cm³/mol. The van der Waals surface area contributed by atoms with Crippen LogP contribution in [0.15, 0.2) is 11.6 Å². The average molecular weight is 735 g/mol. The molecule has 2 N–H and O–H groups in total. The lowest BCUT2D eigenvalue weighted by Gasteiger charge is -2.55. The maximum Gasteiger partial charge on any atom is 0.337 e. The van der Waals surface area contributed by atoms with Crippen molar-refractivity contribution in [2.75, 3.05) is 48.9 Å². The molecular weight excluding hydrogens is 664 g/mol. The maximum atomic E-state index is 13.4. The van der Waals surface area contributed by atoms with Gasteiger partial charge in [-0.25, -0.2) is 4.79 Å². The molecule has 1 rings (SSSR count). The zero-order chi connectivity index (χ0) is 38.7. The van der Waals surface area contributed by atoms with Crippen molar-refractivity contribution in [3.63, 3.8) is 0 Å². The molecule has 0 aromatic carbocycles. The van der Waals surface area contributed by atoms with Crippen LogP contribution in [-0.4, -0.2) is 122 Å². The minimum atomic E-state index is -1.93. The van der Waals surface area contributed by atoms with Gasteiger partial charge in [-0.1, -0.05) is 54.5 Å². The van der Waals surface area contributed by atoms with Crippen molar-refractivity contribution < 1.29 is 57.4 Å². The van der Waals surface area contributed by atoms with E-state index < -0.39 is 68.0 Å². The van der Waals surface area contributed by atoms with E-state index in [1.165, 1.54) is 28.4 Å². The van der Waals surface area contributed by atoms with E-state index in [-0.39, 0.29) is 42.8 Å². The molecule has 0 saturated carbocycles. The van der Waals surface area contributed by atoms with Crippen LogP contribution in [0.5, 0.6) is 0 Å². The molecule has 13 heteroatoms. The molecule has 1 aliphatic rings. The van der Waals surface area contributed by atoms with Crippen molar-refractivity contribution in [2.45, 2.75) is 148 Å². The number of esters is 1. The molecule has 12 nitrogen and oxygen atoms in total. The Morgan fingerprint density at radius 2 is 1.68 bits per heavy atom. The lowest BCUT2D eigenvalue weighted by atomic mass is 9.67. The van der Waals surface area contributed by atoms with E-state index in [1.54, 1.807) is 21.0 Å². The quantitative estimate of drug-likeness (QED) is 0.0633. The van der Waals surface area contributed by atoms with Gasteiger partial charge < -0.3 is 47.8 Å². The second-order valence-electron chi connectivity index (χ2n) is 15.8. The minimum Gasteiger partial charge on any atom is -0.467 e. The zero-order valence-electron chi connectivity index (χ0n) is 33.6. The second-order valence-corrected chi connectivity index (χ2v) is 20.6. The van der Waals surface area contributed by atoms with Crippen molar-refractivity contribution in [2.24, 2.45) is 17.3 Å². The highest BCUT2D eigenvalue weighted by Crippen LogP contribution is 2.49. The molecule has 1 aliphatic heterocycles. The predicted octanol–water partition coefficient (Wildman–Crippen LogP) is 5.43. The van der Waals surface area contributed by atoms with Gasteiger partial charge in [0.15, 0.2) is 26.0 Å². The molecular formula is C37H70O12Si. The standard InChI is InChI=1S/C37H70O12Si/c1-16-26(22-48-50(14,15)35(4,5)6)17-24(2)29(38)18-27(43-10)21-32(39)36(7,8)37(41)25(3)30(44-11)19-28(49-37)20-31(45-12)33(34(40)46-13)47-23-42-9/h17,25-28,30-33,39,41H,16,18-23H2,1-15H3/b24-17-/t25-,26?,27?,28-,30-,31-,32+,33+,37?/m1/s1. The van der Waals surface area contributed by atoms with Gasteiger partial charge in [-0.05, 0) is 43.0 Å². The van der Waals surface area contributed by atoms with Crippen LogP contribution < -0.4 is 0 Å². The van der Waals surface area contributed by atoms with E-state index in [2.05, 4.69) is 40.8 Å². The van der Waals surface area contributed by atoms with Gasteiger partial charge >= 0.3 is 5.97 Å². The number of hydrogen-bond acceptors (Lipinski definition) is 12. The monoisotopic (exact) mass is 734 g/mol. The van der Waals surface area contributed by atoms with Gasteiger partial charge in [-0.3, -0.25) is 4.79 Å². The molecule has 0 spiro atoms. The lowest BCUT2D eigenvalue weighted by Crippen LogP contribution is -2.64. The van der Waals surface area contributed by atoms with Gasteiger partial charge in [-0.2, -0.15) is 0 Å². The fourth-order valence-corrected chi connectivity index (χ4v) is 7.23. The van der Waals surface area contributed by atoms with Gasteiger partial charge in [0.2, 0.25) is 0 Å². The van der Waals surface area contributed by atoms with Crippen molar-refractivity contribution >= 4 is 20.1 Å². The third kappa shape index (κ3) is 12.1. The largest absolute Gasteiger partial charge is 0.467 e. The fourth-order valence-electron chi connectivity index (χ4n) is 6.17. The maximum absolute atomic E-state index is 13.4. The topological polar surface area (TPSA) is 148 Å². The van der Waals surface area contributed by atoms with Crippen molar-refractivity contribution in [1.82, 2.24) is 0 Å². The second kappa shape index (κ2) is 20.3. The van der Waals surface area contributed by atoms with E-state index in [0.717, 1.165) is 6.42 Å². The molecule has 3 unspecified atom stereocenters. The van der Waals surface area contributed by atoms with Crippen molar-refractivity contribution in [3.8, 4) is 0 Å². The number of ether oxygens (including phenoxy) is 7. The third-order valence-electron chi connectivity index (χ3n) is 11.2. The SMILES string of the molecule is CCC(/C=C(/C)C(=O)CC(C[C@H](O)C(C)(C)C1(O)O[C@@H](C[C@@H](OC)[C@H](OCOC)C(=O)OC)C[C@@H](OC)[C@H]1C)OC)CO[Si](C)(C)C(C)(C)C. The first-order valence-corrected chi connectivity index (χ1v) is 20.7. The molecule has 9 atom stereocenters. The number of methoxy groups -OCH3 is 5. The van der Waals surface area contributed by atoms with Crippen molar-refractivity contribution in [3.05, 3.63) is 11.6 Å². The van der Waals surface area contributed by atoms with E-state index in [9.17, 15) is 19.8 Å². The van der Waals surface area contributed by atoms with Crippen LogP contribution in [0.25, 0.3) is 0 Å². The Morgan fingerprint density at radius 3 is 2.16 bits per heavy atom. The van der Waals surface area contributed by atoms with Gasteiger partial charge in [0.05, 0.1) is 37.6 Å². The molecule has 0 bridgehead atoms. The lowest BCUT2D eigenvalue weighted by molar-refractivity contribution is -0.365. The summed E-state index contributed by atoms with van der Waals surface area (Å²) in [5.74, 6) is -3.04. The van der Waals surface area contributed by atoms with E-state index >= 15 is 0 Å². The molecule has 0 aliphatic carbocycles. The molecule has 1 heterocycles. The number of allylic oxidation sites excluding steroid dienone is 1. The number of aliphatic hydroxyl groups excluding tert-OH is 1. The Morgan fingerprint density at radius 1 is 1.06 bits per heavy atom. The fraction of sp³-hybridized carbons (Fsp3) is 0.892. The Kier molecular flexibility index (Phi) is 18.9. The molecule has 0 radical (unpaired) electrons. The highest BCUT2D eigenvalue weighted by atomic mass is 28.4. The van der Waals surface area contributed by atoms with Crippen LogP contribution >= 0.6 is 0 Å². The summed E-state index contributed by atoms with van der Waals surface area (Å²) in [6.07, 6.45) is -1.22. The van der Waals surface area contributed by atoms with Crippen LogP contribution in [0.2, 0.25) is 18.1 Å². The number of Topliss-reactive ketones (excluding diaryl/α,β-unsaturated/α-hetero) is 1. The molecule has 0 aromatic heterocycles. The molecule has 0 aromatic rings. The molecule has 1 fully saturated rings. The third-order valence-corrected chi connectivity index (χ3v) is 15.7. The summed E-state index contributed by atoms with van der Waals surface area (Å²) in [6.45, 7) is 20.6. The normalized spacial score (nSPS) is 25.5. The number of hydrogen-bond donors (Lipinski definition) is 2. The smallest absolute Gasteiger partial charge is 0.337 e. The van der Waals surface area contributed by atoms with Crippen LogP contribution in [0.3, 0.4) is 0 Å². The Bertz CT molecular complexity index is 1070. The van der Waals surface area contributed by atoms with Gasteiger partial charge in [0.1, 0.15) is 6.79 Å². The Hall–Kier alpha value is -1.26. The van der Waals surface area contributed by atoms with Crippen LogP contribution in [0.4, 0.5) is 0 Å². The van der Waals surface area contributed by atoms with Gasteiger partial charge in [-0.15, -0.1) is 0 Å². The Balaban J connectivity index is 3.16.